The van der Waals surface area contributed by atoms with Gasteiger partial charge in [0.05, 0.1) is 0 Å². The van der Waals surface area contributed by atoms with Gasteiger partial charge in [0.25, 0.3) is 0 Å². The molecule has 1 fully saturated rings. The number of halogens is 4. The van der Waals surface area contributed by atoms with Crippen molar-refractivity contribution in [2.45, 2.75) is 77.0 Å². The summed E-state index contributed by atoms with van der Waals surface area (Å²) in [7, 11) is -1.62. The van der Waals surface area contributed by atoms with Crippen molar-refractivity contribution >= 4 is 12.6 Å². The van der Waals surface area contributed by atoms with Gasteiger partial charge < -0.3 is 14.8 Å². The first-order chi connectivity index (χ1) is 15.6. The summed E-state index contributed by atoms with van der Waals surface area (Å²) < 4.78 is 55.6. The van der Waals surface area contributed by atoms with Crippen LogP contribution >= 0.6 is 0 Å². The van der Waals surface area contributed by atoms with Crippen molar-refractivity contribution in [2.75, 3.05) is 0 Å². The number of benzene rings is 2. The highest BCUT2D eigenvalue weighted by atomic mass is 19.4. The highest BCUT2D eigenvalue weighted by molar-refractivity contribution is 6.58. The molecule has 33 heavy (non-hydrogen) atoms. The molecule has 3 nitrogen and oxygen atoms in total. The molecular weight excluding hydrogens is 435 g/mol. The maximum Gasteiger partial charge on any atom is 0.488 e. The summed E-state index contributed by atoms with van der Waals surface area (Å²) in [5.41, 5.74) is 2.78. The van der Waals surface area contributed by atoms with E-state index < -0.39 is 19.4 Å². The maximum absolute atomic E-state index is 13.5. The molecule has 1 saturated carbocycles. The zero-order valence-corrected chi connectivity index (χ0v) is 19.0. The molecule has 1 unspecified atom stereocenters. The van der Waals surface area contributed by atoms with Crippen molar-refractivity contribution in [3.8, 4) is 5.75 Å². The van der Waals surface area contributed by atoms with Crippen molar-refractivity contribution in [1.82, 2.24) is 0 Å². The van der Waals surface area contributed by atoms with Crippen LogP contribution in [0.2, 0.25) is 0 Å². The molecule has 0 spiro atoms. The summed E-state index contributed by atoms with van der Waals surface area (Å²) >= 11 is 0. The maximum atomic E-state index is 13.5. The lowest BCUT2D eigenvalue weighted by atomic mass is 9.78. The summed E-state index contributed by atoms with van der Waals surface area (Å²) in [6.45, 7) is 4.10. The number of hydrogen-bond acceptors (Lipinski definition) is 3. The molecule has 0 radical (unpaired) electrons. The first-order valence-corrected chi connectivity index (χ1v) is 11.6. The highest BCUT2D eigenvalue weighted by Gasteiger charge is 2.43. The van der Waals surface area contributed by atoms with Crippen LogP contribution in [-0.4, -0.2) is 29.4 Å². The molecule has 1 aliphatic carbocycles. The summed E-state index contributed by atoms with van der Waals surface area (Å²) in [5, 5.41) is 17.9. The minimum atomic E-state index is -4.37. The lowest BCUT2D eigenvalue weighted by Gasteiger charge is -2.28. The van der Waals surface area contributed by atoms with E-state index in [9.17, 15) is 17.6 Å². The summed E-state index contributed by atoms with van der Waals surface area (Å²) in [4.78, 5) is 0. The van der Waals surface area contributed by atoms with Crippen molar-refractivity contribution in [1.29, 1.82) is 0 Å². The number of rotatable bonds is 3. The Balaban J connectivity index is 0.000000186. The van der Waals surface area contributed by atoms with Gasteiger partial charge in [-0.1, -0.05) is 37.6 Å². The van der Waals surface area contributed by atoms with Gasteiger partial charge in [0.15, 0.2) is 6.10 Å². The van der Waals surface area contributed by atoms with Crippen molar-refractivity contribution in [2.24, 2.45) is 5.92 Å². The zero-order valence-electron chi connectivity index (χ0n) is 19.0. The molecule has 2 N–H and O–H groups in total. The highest BCUT2D eigenvalue weighted by Crippen LogP contribution is 2.37. The molecule has 2 aliphatic rings. The third kappa shape index (κ3) is 6.73. The molecule has 2 aromatic rings. The van der Waals surface area contributed by atoms with Gasteiger partial charge in [0.2, 0.25) is 0 Å². The Morgan fingerprint density at radius 2 is 1.70 bits per heavy atom. The van der Waals surface area contributed by atoms with Crippen LogP contribution in [0, 0.1) is 18.7 Å². The Morgan fingerprint density at radius 1 is 1.00 bits per heavy atom. The number of aryl methyl sites for hydroxylation is 2. The van der Waals surface area contributed by atoms with Crippen LogP contribution in [0.5, 0.6) is 5.75 Å². The van der Waals surface area contributed by atoms with Gasteiger partial charge in [-0.15, -0.1) is 0 Å². The van der Waals surface area contributed by atoms with Gasteiger partial charge in [-0.25, -0.2) is 4.39 Å². The molecule has 180 valence electrons. The van der Waals surface area contributed by atoms with Gasteiger partial charge in [-0.2, -0.15) is 13.2 Å². The monoisotopic (exact) mass is 466 g/mol. The Kier molecular flexibility index (Phi) is 8.46. The minimum Gasteiger partial charge on any atom is -0.481 e. The normalized spacial score (nSPS) is 22.5. The molecule has 0 amide bonds. The Hall–Kier alpha value is -2.06. The van der Waals surface area contributed by atoms with Crippen LogP contribution in [0.15, 0.2) is 36.4 Å². The van der Waals surface area contributed by atoms with E-state index >= 15 is 0 Å². The first-order valence-electron chi connectivity index (χ1n) is 11.6. The van der Waals surface area contributed by atoms with E-state index in [1.54, 1.807) is 6.07 Å². The number of ether oxygens (including phenoxy) is 1. The van der Waals surface area contributed by atoms with E-state index in [4.69, 9.17) is 14.8 Å². The fourth-order valence-corrected chi connectivity index (χ4v) is 4.57. The third-order valence-corrected chi connectivity index (χ3v) is 6.78. The van der Waals surface area contributed by atoms with Crippen LogP contribution < -0.4 is 10.2 Å². The predicted molar refractivity (Wildman–Crippen MR) is 121 cm³/mol. The first kappa shape index (κ1) is 25.6. The molecule has 1 atom stereocenters. The second-order valence-electron chi connectivity index (χ2n) is 9.06. The Labute approximate surface area is 192 Å². The second-order valence-corrected chi connectivity index (χ2v) is 9.06. The summed E-state index contributed by atoms with van der Waals surface area (Å²) in [6.07, 6.45) is 0.318. The van der Waals surface area contributed by atoms with Gasteiger partial charge in [0, 0.05) is 0 Å². The van der Waals surface area contributed by atoms with E-state index in [0.29, 0.717) is 11.5 Å². The Bertz CT molecular complexity index is 924. The summed E-state index contributed by atoms with van der Waals surface area (Å²) in [6, 6.07) is 9.88. The summed E-state index contributed by atoms with van der Waals surface area (Å²) in [5.74, 6) is 1.61. The number of fused-ring (bicyclic) bond motifs is 1. The largest absolute Gasteiger partial charge is 0.488 e. The van der Waals surface area contributed by atoms with Gasteiger partial charge in [0.1, 0.15) is 11.6 Å². The van der Waals surface area contributed by atoms with Crippen molar-refractivity contribution < 1.29 is 32.3 Å². The molecule has 2 aromatic carbocycles. The standard InChI is InChI=1S/C15H21F.C10H10BF3O3/c1-3-12-5-8-13(9-6-12)14-7-4-11(2)15(16)10-14;12-10(13,14)9-4-1-6-5-7(11(15)16)2-3-8(6)17-9/h4,7,10,12-13H,3,5-6,8-9H2,1-2H3;2-3,5,9,15-16H,1,4H2. The minimum absolute atomic E-state index is 0.0462. The van der Waals surface area contributed by atoms with Crippen LogP contribution in [0.25, 0.3) is 0 Å². The molecule has 4 rings (SSSR count). The van der Waals surface area contributed by atoms with Crippen LogP contribution in [0.1, 0.15) is 68.1 Å². The van der Waals surface area contributed by atoms with Crippen LogP contribution in [0.3, 0.4) is 0 Å². The van der Waals surface area contributed by atoms with Crippen LogP contribution in [-0.2, 0) is 6.42 Å². The molecular formula is C25H31BF4O3. The molecule has 0 aromatic heterocycles. The van der Waals surface area contributed by atoms with Gasteiger partial charge in [-0.05, 0) is 91.6 Å². The third-order valence-electron chi connectivity index (χ3n) is 6.78. The lowest BCUT2D eigenvalue weighted by molar-refractivity contribution is -0.199. The molecule has 1 aliphatic heterocycles. The molecule has 8 heteroatoms. The van der Waals surface area contributed by atoms with E-state index in [2.05, 4.69) is 13.0 Å². The smallest absolute Gasteiger partial charge is 0.481 e. The van der Waals surface area contributed by atoms with E-state index in [0.717, 1.165) is 11.5 Å². The molecule has 0 bridgehead atoms. The van der Waals surface area contributed by atoms with Crippen LogP contribution in [0.4, 0.5) is 17.6 Å². The van der Waals surface area contributed by atoms with Gasteiger partial charge >= 0.3 is 13.3 Å². The number of alkyl halides is 3. The average molecular weight is 466 g/mol. The zero-order chi connectivity index (χ0) is 24.2. The van der Waals surface area contributed by atoms with E-state index in [1.165, 1.54) is 55.9 Å². The second kappa shape index (κ2) is 10.9. The van der Waals surface area contributed by atoms with Crippen molar-refractivity contribution in [3.05, 3.63) is 58.9 Å². The SMILES string of the molecule is CCC1CCC(c2ccc(C)c(F)c2)CC1.OB(O)c1ccc2c(c1)CCC(C(F)(F)F)O2. The van der Waals surface area contributed by atoms with E-state index in [-0.39, 0.29) is 29.9 Å². The lowest BCUT2D eigenvalue weighted by Crippen LogP contribution is -2.38. The average Bonchev–Trinajstić information content (AvgIpc) is 2.80. The predicted octanol–water partition coefficient (Wildman–Crippen LogP) is 5.44. The molecule has 0 saturated heterocycles. The fraction of sp³-hybridized carbons (Fsp3) is 0.520. The Morgan fingerprint density at radius 3 is 2.27 bits per heavy atom. The van der Waals surface area contributed by atoms with Gasteiger partial charge in [-0.3, -0.25) is 0 Å². The van der Waals surface area contributed by atoms with E-state index in [1.807, 2.05) is 13.0 Å². The molecule has 1 heterocycles. The number of hydrogen-bond donors (Lipinski definition) is 2. The quantitative estimate of drug-likeness (QED) is 0.468. The van der Waals surface area contributed by atoms with Crippen molar-refractivity contribution in [3.63, 3.8) is 0 Å². The topological polar surface area (TPSA) is 49.7 Å². The fourth-order valence-electron chi connectivity index (χ4n) is 4.57.